The van der Waals surface area contributed by atoms with Gasteiger partial charge in [0.25, 0.3) is 5.91 Å². The number of hydrogen-bond donors (Lipinski definition) is 0. The molecule has 3 rings (SSSR count). The molecule has 2 heterocycles. The minimum Gasteiger partial charge on any atom is -0.459 e. The highest BCUT2D eigenvalue weighted by Gasteiger charge is 2.36. The van der Waals surface area contributed by atoms with Crippen LogP contribution in [0.4, 0.5) is 0 Å². The molecular weight excluding hydrogens is 294 g/mol. The summed E-state index contributed by atoms with van der Waals surface area (Å²) < 4.78 is 5.36. The summed E-state index contributed by atoms with van der Waals surface area (Å²) in [5.41, 5.74) is 1.17. The first-order valence-corrected chi connectivity index (χ1v) is 7.53. The number of ether oxygens (including phenoxy) is 1. The fraction of sp³-hybridized carbons (Fsp3) is 0.294. The largest absolute Gasteiger partial charge is 0.459 e. The van der Waals surface area contributed by atoms with Crippen molar-refractivity contribution in [3.63, 3.8) is 0 Å². The van der Waals surface area contributed by atoms with Gasteiger partial charge in [-0.3, -0.25) is 9.78 Å². The number of likely N-dealkylation sites (tertiary alicyclic amines) is 1. The summed E-state index contributed by atoms with van der Waals surface area (Å²) in [5.74, 6) is -0.652. The van der Waals surface area contributed by atoms with Crippen LogP contribution < -0.4 is 0 Å². The predicted octanol–water partition coefficient (Wildman–Crippen LogP) is 1.82. The zero-order chi connectivity index (χ0) is 16.1. The number of amides is 1. The van der Waals surface area contributed by atoms with Crippen LogP contribution in [0.15, 0.2) is 48.9 Å². The highest BCUT2D eigenvalue weighted by atomic mass is 16.5. The molecule has 0 spiro atoms. The van der Waals surface area contributed by atoms with E-state index >= 15 is 0 Å². The molecule has 118 valence electrons. The lowest BCUT2D eigenvalue weighted by Gasteiger charge is -2.22. The Morgan fingerprint density at radius 3 is 2.78 bits per heavy atom. The van der Waals surface area contributed by atoms with Gasteiger partial charge in [0.1, 0.15) is 18.3 Å². The fourth-order valence-corrected chi connectivity index (χ4v) is 2.64. The first kappa shape index (κ1) is 15.1. The maximum absolute atomic E-state index is 12.5. The maximum atomic E-state index is 12.5. The van der Waals surface area contributed by atoms with Gasteiger partial charge in [-0.2, -0.15) is 0 Å². The molecule has 0 N–H and O–H groups in total. The predicted molar refractivity (Wildman–Crippen MR) is 82.3 cm³/mol. The zero-order valence-corrected chi connectivity index (χ0v) is 12.6. The van der Waals surface area contributed by atoms with Crippen LogP contribution in [0.5, 0.6) is 0 Å². The lowest BCUT2D eigenvalue weighted by Crippen LogP contribution is -2.41. The SMILES string of the molecule is O=C(OCc1ccccc1)C1CCCN1C(=O)c1cnccn1. The molecular formula is C17H17N3O3. The first-order chi connectivity index (χ1) is 11.3. The summed E-state index contributed by atoms with van der Waals surface area (Å²) in [7, 11) is 0. The number of rotatable bonds is 4. The third-order valence-corrected chi connectivity index (χ3v) is 3.79. The van der Waals surface area contributed by atoms with Crippen LogP contribution in [-0.4, -0.2) is 39.3 Å². The summed E-state index contributed by atoms with van der Waals surface area (Å²) in [5, 5.41) is 0. The van der Waals surface area contributed by atoms with E-state index in [0.29, 0.717) is 13.0 Å². The second-order valence-corrected chi connectivity index (χ2v) is 5.34. The van der Waals surface area contributed by atoms with Crippen molar-refractivity contribution in [2.75, 3.05) is 6.54 Å². The van der Waals surface area contributed by atoms with E-state index < -0.39 is 6.04 Å². The summed E-state index contributed by atoms with van der Waals surface area (Å²) in [6, 6.07) is 8.93. The second-order valence-electron chi connectivity index (χ2n) is 5.34. The first-order valence-electron chi connectivity index (χ1n) is 7.53. The molecule has 6 nitrogen and oxygen atoms in total. The van der Waals surface area contributed by atoms with E-state index in [1.165, 1.54) is 23.5 Å². The molecule has 6 heteroatoms. The normalized spacial score (nSPS) is 17.0. The number of benzene rings is 1. The quantitative estimate of drug-likeness (QED) is 0.805. The van der Waals surface area contributed by atoms with E-state index in [0.717, 1.165) is 12.0 Å². The van der Waals surface area contributed by atoms with E-state index in [4.69, 9.17) is 4.74 Å². The molecule has 0 aliphatic carbocycles. The average molecular weight is 311 g/mol. The Balaban J connectivity index is 1.64. The molecule has 1 saturated heterocycles. The monoisotopic (exact) mass is 311 g/mol. The van der Waals surface area contributed by atoms with Crippen molar-refractivity contribution in [2.45, 2.75) is 25.5 Å². The Kier molecular flexibility index (Phi) is 4.61. The van der Waals surface area contributed by atoms with Gasteiger partial charge in [0.15, 0.2) is 0 Å². The topological polar surface area (TPSA) is 72.4 Å². The molecule has 1 unspecified atom stereocenters. The average Bonchev–Trinajstić information content (AvgIpc) is 3.10. The fourth-order valence-electron chi connectivity index (χ4n) is 2.64. The third kappa shape index (κ3) is 3.53. The van der Waals surface area contributed by atoms with Crippen molar-refractivity contribution in [2.24, 2.45) is 0 Å². The van der Waals surface area contributed by atoms with Gasteiger partial charge >= 0.3 is 5.97 Å². The Morgan fingerprint density at radius 2 is 2.04 bits per heavy atom. The summed E-state index contributed by atoms with van der Waals surface area (Å²) in [6.07, 6.45) is 5.77. The Hall–Kier alpha value is -2.76. The lowest BCUT2D eigenvalue weighted by atomic mass is 10.2. The number of nitrogens with zero attached hydrogens (tertiary/aromatic N) is 3. The highest BCUT2D eigenvalue weighted by molar-refractivity contribution is 5.95. The Labute approximate surface area is 134 Å². The van der Waals surface area contributed by atoms with Crippen LogP contribution in [0.3, 0.4) is 0 Å². The van der Waals surface area contributed by atoms with E-state index in [1.54, 1.807) is 0 Å². The smallest absolute Gasteiger partial charge is 0.329 e. The van der Waals surface area contributed by atoms with E-state index in [2.05, 4.69) is 9.97 Å². The van der Waals surface area contributed by atoms with Crippen LogP contribution in [0.25, 0.3) is 0 Å². The number of hydrogen-bond acceptors (Lipinski definition) is 5. The molecule has 1 atom stereocenters. The molecule has 2 aromatic rings. The van der Waals surface area contributed by atoms with Crippen molar-refractivity contribution in [1.82, 2.24) is 14.9 Å². The van der Waals surface area contributed by atoms with Crippen molar-refractivity contribution in [3.8, 4) is 0 Å². The van der Waals surface area contributed by atoms with Gasteiger partial charge in [0.2, 0.25) is 0 Å². The molecule has 1 fully saturated rings. The molecule has 1 amide bonds. The van der Waals surface area contributed by atoms with Crippen molar-refractivity contribution >= 4 is 11.9 Å². The molecule has 1 aromatic carbocycles. The maximum Gasteiger partial charge on any atom is 0.329 e. The van der Waals surface area contributed by atoms with Gasteiger partial charge in [-0.05, 0) is 18.4 Å². The van der Waals surface area contributed by atoms with Gasteiger partial charge in [-0.1, -0.05) is 30.3 Å². The van der Waals surface area contributed by atoms with Gasteiger partial charge in [-0.15, -0.1) is 0 Å². The van der Waals surface area contributed by atoms with E-state index in [1.807, 2.05) is 30.3 Å². The molecule has 0 saturated carbocycles. The van der Waals surface area contributed by atoms with Crippen LogP contribution in [0.1, 0.15) is 28.9 Å². The summed E-state index contributed by atoms with van der Waals surface area (Å²) in [4.78, 5) is 34.2. The Bertz CT molecular complexity index is 676. The number of aromatic nitrogens is 2. The van der Waals surface area contributed by atoms with E-state index in [-0.39, 0.29) is 24.2 Å². The van der Waals surface area contributed by atoms with Gasteiger partial charge < -0.3 is 9.64 Å². The van der Waals surface area contributed by atoms with Gasteiger partial charge in [-0.25, -0.2) is 9.78 Å². The molecule has 23 heavy (non-hydrogen) atoms. The minimum absolute atomic E-state index is 0.212. The van der Waals surface area contributed by atoms with Gasteiger partial charge in [0.05, 0.1) is 6.20 Å². The second kappa shape index (κ2) is 7.00. The zero-order valence-electron chi connectivity index (χ0n) is 12.6. The van der Waals surface area contributed by atoms with Crippen LogP contribution in [0, 0.1) is 0 Å². The van der Waals surface area contributed by atoms with Crippen LogP contribution in [-0.2, 0) is 16.1 Å². The molecule has 1 aliphatic heterocycles. The standard InChI is InChI=1S/C17H17N3O3/c21-16(14-11-18-8-9-19-14)20-10-4-7-15(20)17(22)23-12-13-5-2-1-3-6-13/h1-3,5-6,8-9,11,15H,4,7,10,12H2. The number of carbonyl (C=O) groups excluding carboxylic acids is 2. The number of carbonyl (C=O) groups is 2. The van der Waals surface area contributed by atoms with Crippen LogP contribution >= 0.6 is 0 Å². The lowest BCUT2D eigenvalue weighted by molar-refractivity contribution is -0.149. The molecule has 0 bridgehead atoms. The minimum atomic E-state index is -0.548. The van der Waals surface area contributed by atoms with Gasteiger partial charge in [0, 0.05) is 18.9 Å². The van der Waals surface area contributed by atoms with Crippen molar-refractivity contribution < 1.29 is 14.3 Å². The highest BCUT2D eigenvalue weighted by Crippen LogP contribution is 2.21. The molecule has 1 aromatic heterocycles. The van der Waals surface area contributed by atoms with Crippen molar-refractivity contribution in [1.29, 1.82) is 0 Å². The Morgan fingerprint density at radius 1 is 1.22 bits per heavy atom. The third-order valence-electron chi connectivity index (χ3n) is 3.79. The summed E-state index contributed by atoms with van der Waals surface area (Å²) >= 11 is 0. The van der Waals surface area contributed by atoms with E-state index in [9.17, 15) is 9.59 Å². The molecule has 1 aliphatic rings. The van der Waals surface area contributed by atoms with Crippen LogP contribution in [0.2, 0.25) is 0 Å². The van der Waals surface area contributed by atoms with Crippen molar-refractivity contribution in [3.05, 3.63) is 60.2 Å². The number of esters is 1. The molecule has 0 radical (unpaired) electrons. The summed E-state index contributed by atoms with van der Waals surface area (Å²) in [6.45, 7) is 0.740.